The Hall–Kier alpha value is -0.860. The quantitative estimate of drug-likeness (QED) is 0.865. The van der Waals surface area contributed by atoms with Crippen molar-refractivity contribution in [2.45, 2.75) is 39.2 Å². The minimum Gasteiger partial charge on any atom is -0.324 e. The van der Waals surface area contributed by atoms with E-state index in [1.54, 1.807) is 0 Å². The minimum absolute atomic E-state index is 0.186. The van der Waals surface area contributed by atoms with E-state index in [4.69, 9.17) is 5.73 Å². The van der Waals surface area contributed by atoms with Gasteiger partial charge in [0.1, 0.15) is 0 Å². The maximum Gasteiger partial charge on any atom is 0.0307 e. The first-order valence-corrected chi connectivity index (χ1v) is 7.23. The number of hydrogen-bond donors (Lipinski definition) is 1. The molecule has 0 saturated carbocycles. The van der Waals surface area contributed by atoms with Crippen molar-refractivity contribution in [1.82, 2.24) is 4.90 Å². The van der Waals surface area contributed by atoms with Gasteiger partial charge in [0.05, 0.1) is 0 Å². The molecule has 1 aliphatic heterocycles. The molecule has 0 aliphatic carbocycles. The average Bonchev–Trinajstić information content (AvgIpc) is 2.85. The van der Waals surface area contributed by atoms with Crippen molar-refractivity contribution in [2.24, 2.45) is 11.7 Å². The standard InChI is InChI=1S/C16H26N2/c1-3-14-8-10-18(12-14)11-9-16(17)15-6-4-13(2)5-7-15/h4-7,14,16H,3,8-12,17H2,1-2H3. The van der Waals surface area contributed by atoms with Crippen molar-refractivity contribution in [3.05, 3.63) is 35.4 Å². The molecule has 2 N–H and O–H groups in total. The molecule has 2 rings (SSSR count). The Labute approximate surface area is 111 Å². The Morgan fingerprint density at radius 3 is 2.67 bits per heavy atom. The van der Waals surface area contributed by atoms with E-state index >= 15 is 0 Å². The molecule has 0 aromatic heterocycles. The first-order valence-electron chi connectivity index (χ1n) is 7.23. The third-order valence-electron chi connectivity index (χ3n) is 4.21. The molecule has 1 heterocycles. The van der Waals surface area contributed by atoms with Gasteiger partial charge in [0, 0.05) is 12.6 Å². The normalized spacial score (nSPS) is 22.3. The molecule has 0 radical (unpaired) electrons. The Balaban J connectivity index is 1.78. The van der Waals surface area contributed by atoms with Crippen LogP contribution in [0.1, 0.15) is 43.4 Å². The van der Waals surface area contributed by atoms with Crippen molar-refractivity contribution in [3.63, 3.8) is 0 Å². The lowest BCUT2D eigenvalue weighted by atomic mass is 10.0. The molecule has 0 spiro atoms. The smallest absolute Gasteiger partial charge is 0.0307 e. The van der Waals surface area contributed by atoms with E-state index in [1.807, 2.05) is 0 Å². The van der Waals surface area contributed by atoms with E-state index in [1.165, 1.54) is 37.1 Å². The first-order chi connectivity index (χ1) is 8.69. The highest BCUT2D eigenvalue weighted by Crippen LogP contribution is 2.21. The minimum atomic E-state index is 0.186. The van der Waals surface area contributed by atoms with Gasteiger partial charge in [0.2, 0.25) is 0 Å². The fourth-order valence-electron chi connectivity index (χ4n) is 2.75. The lowest BCUT2D eigenvalue weighted by molar-refractivity contribution is 0.308. The van der Waals surface area contributed by atoms with Crippen LogP contribution in [0.3, 0.4) is 0 Å². The maximum atomic E-state index is 6.26. The fourth-order valence-corrected chi connectivity index (χ4v) is 2.75. The summed E-state index contributed by atoms with van der Waals surface area (Å²) in [5.74, 6) is 0.917. The van der Waals surface area contributed by atoms with Crippen LogP contribution in [-0.4, -0.2) is 24.5 Å². The topological polar surface area (TPSA) is 29.3 Å². The van der Waals surface area contributed by atoms with Gasteiger partial charge in [-0.3, -0.25) is 0 Å². The van der Waals surface area contributed by atoms with Crippen molar-refractivity contribution in [1.29, 1.82) is 0 Å². The van der Waals surface area contributed by atoms with Crippen LogP contribution in [0.25, 0.3) is 0 Å². The molecule has 0 amide bonds. The molecular formula is C16H26N2. The Morgan fingerprint density at radius 1 is 1.33 bits per heavy atom. The van der Waals surface area contributed by atoms with Gasteiger partial charge in [-0.2, -0.15) is 0 Å². The van der Waals surface area contributed by atoms with Gasteiger partial charge >= 0.3 is 0 Å². The number of rotatable bonds is 5. The summed E-state index contributed by atoms with van der Waals surface area (Å²) in [6, 6.07) is 8.82. The largest absolute Gasteiger partial charge is 0.324 e. The highest BCUT2D eigenvalue weighted by Gasteiger charge is 2.21. The van der Waals surface area contributed by atoms with Gasteiger partial charge in [-0.05, 0) is 44.3 Å². The van der Waals surface area contributed by atoms with Crippen LogP contribution in [0.15, 0.2) is 24.3 Å². The second-order valence-electron chi connectivity index (χ2n) is 5.67. The molecule has 1 saturated heterocycles. The maximum absolute atomic E-state index is 6.26. The Kier molecular flexibility index (Phi) is 4.79. The van der Waals surface area contributed by atoms with Crippen LogP contribution < -0.4 is 5.73 Å². The molecule has 1 aromatic rings. The average molecular weight is 246 g/mol. The van der Waals surface area contributed by atoms with Crippen molar-refractivity contribution >= 4 is 0 Å². The van der Waals surface area contributed by atoms with Crippen LogP contribution in [0, 0.1) is 12.8 Å². The predicted octanol–water partition coefficient (Wildman–Crippen LogP) is 3.12. The molecule has 18 heavy (non-hydrogen) atoms. The molecule has 100 valence electrons. The molecule has 1 aromatic carbocycles. The van der Waals surface area contributed by atoms with E-state index in [0.29, 0.717) is 0 Å². The Morgan fingerprint density at radius 2 is 2.06 bits per heavy atom. The molecule has 2 unspecified atom stereocenters. The van der Waals surface area contributed by atoms with Crippen molar-refractivity contribution in [2.75, 3.05) is 19.6 Å². The highest BCUT2D eigenvalue weighted by molar-refractivity contribution is 5.23. The zero-order valence-electron chi connectivity index (χ0n) is 11.7. The molecule has 1 fully saturated rings. The monoisotopic (exact) mass is 246 g/mol. The highest BCUT2D eigenvalue weighted by atomic mass is 15.1. The first kappa shape index (κ1) is 13.6. The second-order valence-corrected chi connectivity index (χ2v) is 5.67. The molecule has 0 bridgehead atoms. The number of hydrogen-bond acceptors (Lipinski definition) is 2. The predicted molar refractivity (Wildman–Crippen MR) is 77.6 cm³/mol. The number of aryl methyl sites for hydroxylation is 1. The van der Waals surface area contributed by atoms with Crippen LogP contribution in [0.2, 0.25) is 0 Å². The van der Waals surface area contributed by atoms with E-state index < -0.39 is 0 Å². The van der Waals surface area contributed by atoms with Gasteiger partial charge in [-0.15, -0.1) is 0 Å². The lowest BCUT2D eigenvalue weighted by Crippen LogP contribution is -2.25. The number of nitrogens with zero attached hydrogens (tertiary/aromatic N) is 1. The summed E-state index contributed by atoms with van der Waals surface area (Å²) < 4.78 is 0. The molecule has 1 aliphatic rings. The zero-order valence-corrected chi connectivity index (χ0v) is 11.7. The van der Waals surface area contributed by atoms with E-state index in [9.17, 15) is 0 Å². The summed E-state index contributed by atoms with van der Waals surface area (Å²) in [7, 11) is 0. The summed E-state index contributed by atoms with van der Waals surface area (Å²) in [5, 5.41) is 0. The molecular weight excluding hydrogens is 220 g/mol. The van der Waals surface area contributed by atoms with Crippen LogP contribution in [-0.2, 0) is 0 Å². The van der Waals surface area contributed by atoms with Crippen LogP contribution in [0.4, 0.5) is 0 Å². The Bertz CT molecular complexity index is 358. The van der Waals surface area contributed by atoms with Gasteiger partial charge in [0.25, 0.3) is 0 Å². The number of likely N-dealkylation sites (tertiary alicyclic amines) is 1. The summed E-state index contributed by atoms with van der Waals surface area (Å²) in [4.78, 5) is 2.57. The second kappa shape index (κ2) is 6.35. The SMILES string of the molecule is CCC1CCN(CCC(N)c2ccc(C)cc2)C1. The van der Waals surface area contributed by atoms with Gasteiger partial charge in [-0.25, -0.2) is 0 Å². The van der Waals surface area contributed by atoms with Crippen molar-refractivity contribution < 1.29 is 0 Å². The number of nitrogens with two attached hydrogens (primary N) is 1. The van der Waals surface area contributed by atoms with E-state index in [2.05, 4.69) is 43.0 Å². The number of benzene rings is 1. The third-order valence-corrected chi connectivity index (χ3v) is 4.21. The summed E-state index contributed by atoms with van der Waals surface area (Å²) in [6.45, 7) is 8.10. The van der Waals surface area contributed by atoms with Gasteiger partial charge < -0.3 is 10.6 Å². The van der Waals surface area contributed by atoms with Crippen molar-refractivity contribution in [3.8, 4) is 0 Å². The zero-order chi connectivity index (χ0) is 13.0. The summed E-state index contributed by atoms with van der Waals surface area (Å²) in [6.07, 6.45) is 3.76. The van der Waals surface area contributed by atoms with Gasteiger partial charge in [-0.1, -0.05) is 43.2 Å². The van der Waals surface area contributed by atoms with E-state index in [0.717, 1.165) is 18.9 Å². The molecule has 2 heteroatoms. The van der Waals surface area contributed by atoms with E-state index in [-0.39, 0.29) is 6.04 Å². The lowest BCUT2D eigenvalue weighted by Gasteiger charge is -2.19. The third kappa shape index (κ3) is 3.56. The molecule has 2 nitrogen and oxygen atoms in total. The summed E-state index contributed by atoms with van der Waals surface area (Å²) >= 11 is 0. The van der Waals surface area contributed by atoms with Crippen LogP contribution >= 0.6 is 0 Å². The summed E-state index contributed by atoms with van der Waals surface area (Å²) in [5.41, 5.74) is 8.84. The fraction of sp³-hybridized carbons (Fsp3) is 0.625. The van der Waals surface area contributed by atoms with Crippen LogP contribution in [0.5, 0.6) is 0 Å². The molecule has 2 atom stereocenters. The van der Waals surface area contributed by atoms with Gasteiger partial charge in [0.15, 0.2) is 0 Å².